The van der Waals surface area contributed by atoms with Crippen LogP contribution in [0.2, 0.25) is 10.0 Å². The molecule has 1 N–H and O–H groups in total. The molecule has 6 nitrogen and oxygen atoms in total. The normalized spacial score (nSPS) is 10.7. The van der Waals surface area contributed by atoms with Gasteiger partial charge in [-0.1, -0.05) is 35.3 Å². The molecule has 1 amide bonds. The molecule has 4 rings (SSSR count). The molecule has 29 heavy (non-hydrogen) atoms. The van der Waals surface area contributed by atoms with Crippen LogP contribution >= 0.6 is 23.2 Å². The van der Waals surface area contributed by atoms with E-state index in [1.165, 1.54) is 12.4 Å². The van der Waals surface area contributed by atoms with Crippen molar-refractivity contribution >= 4 is 45.7 Å². The van der Waals surface area contributed by atoms with Crippen molar-refractivity contribution in [2.24, 2.45) is 0 Å². The van der Waals surface area contributed by atoms with E-state index in [1.807, 2.05) is 24.3 Å². The molecule has 0 saturated carbocycles. The van der Waals surface area contributed by atoms with Gasteiger partial charge in [-0.15, -0.1) is 0 Å². The predicted molar refractivity (Wildman–Crippen MR) is 114 cm³/mol. The van der Waals surface area contributed by atoms with Crippen molar-refractivity contribution in [3.05, 3.63) is 76.8 Å². The average molecular weight is 425 g/mol. The van der Waals surface area contributed by atoms with E-state index >= 15 is 0 Å². The highest BCUT2D eigenvalue weighted by Crippen LogP contribution is 2.33. The van der Waals surface area contributed by atoms with Crippen LogP contribution in [0.15, 0.2) is 61.2 Å². The van der Waals surface area contributed by atoms with Crippen molar-refractivity contribution < 1.29 is 9.53 Å². The van der Waals surface area contributed by atoms with Gasteiger partial charge in [-0.05, 0) is 24.3 Å². The quantitative estimate of drug-likeness (QED) is 0.483. The second-order valence-electron chi connectivity index (χ2n) is 6.09. The molecule has 0 radical (unpaired) electrons. The van der Waals surface area contributed by atoms with Gasteiger partial charge in [0.25, 0.3) is 5.91 Å². The summed E-state index contributed by atoms with van der Waals surface area (Å²) < 4.78 is 5.43. The lowest BCUT2D eigenvalue weighted by Crippen LogP contribution is -2.15. The summed E-state index contributed by atoms with van der Waals surface area (Å²) in [6.45, 7) is 0. The first-order chi connectivity index (χ1) is 14.1. The third-order valence-corrected chi connectivity index (χ3v) is 4.87. The van der Waals surface area contributed by atoms with Crippen molar-refractivity contribution in [2.45, 2.75) is 0 Å². The Morgan fingerprint density at radius 2 is 1.83 bits per heavy atom. The van der Waals surface area contributed by atoms with Crippen molar-refractivity contribution in [1.29, 1.82) is 0 Å². The number of methoxy groups -OCH3 is 1. The number of hydrogen-bond acceptors (Lipinski definition) is 5. The minimum atomic E-state index is -0.406. The van der Waals surface area contributed by atoms with Crippen molar-refractivity contribution in [3.63, 3.8) is 0 Å². The molecule has 144 valence electrons. The van der Waals surface area contributed by atoms with Gasteiger partial charge < -0.3 is 10.1 Å². The molecule has 0 bridgehead atoms. The summed E-state index contributed by atoms with van der Waals surface area (Å²) in [5, 5.41) is 4.00. The molecule has 1 aromatic carbocycles. The smallest absolute Gasteiger partial charge is 0.257 e. The van der Waals surface area contributed by atoms with E-state index in [0.717, 1.165) is 5.39 Å². The maximum atomic E-state index is 13.2. The van der Waals surface area contributed by atoms with Crippen LogP contribution in [0.25, 0.3) is 22.2 Å². The zero-order chi connectivity index (χ0) is 20.4. The molecule has 8 heteroatoms. The van der Waals surface area contributed by atoms with Crippen molar-refractivity contribution in [1.82, 2.24) is 15.0 Å². The van der Waals surface area contributed by atoms with Gasteiger partial charge in [0.15, 0.2) is 0 Å². The van der Waals surface area contributed by atoms with Gasteiger partial charge in [0.05, 0.1) is 34.1 Å². The number of ether oxygens (including phenoxy) is 1. The zero-order valence-electron chi connectivity index (χ0n) is 15.2. The Morgan fingerprint density at radius 1 is 1.03 bits per heavy atom. The highest BCUT2D eigenvalue weighted by molar-refractivity contribution is 6.39. The average Bonchev–Trinajstić information content (AvgIpc) is 2.75. The third kappa shape index (κ3) is 3.72. The minimum absolute atomic E-state index is 0.240. The second-order valence-corrected chi connectivity index (χ2v) is 6.90. The predicted octanol–water partition coefficient (Wildman–Crippen LogP) is 5.26. The largest absolute Gasteiger partial charge is 0.494 e. The Balaban J connectivity index is 1.89. The number of hydrogen-bond donors (Lipinski definition) is 1. The van der Waals surface area contributed by atoms with E-state index in [0.29, 0.717) is 28.1 Å². The van der Waals surface area contributed by atoms with E-state index in [2.05, 4.69) is 15.3 Å². The summed E-state index contributed by atoms with van der Waals surface area (Å²) in [6.07, 6.45) is 6.12. The first kappa shape index (κ1) is 19.1. The lowest BCUT2D eigenvalue weighted by Gasteiger charge is -2.14. The van der Waals surface area contributed by atoms with Crippen LogP contribution < -0.4 is 10.1 Å². The summed E-state index contributed by atoms with van der Waals surface area (Å²) in [4.78, 5) is 25.9. The van der Waals surface area contributed by atoms with Crippen LogP contribution in [0, 0.1) is 0 Å². The number of nitrogens with zero attached hydrogens (tertiary/aromatic N) is 3. The summed E-state index contributed by atoms with van der Waals surface area (Å²) in [5.41, 5.74) is 2.44. The monoisotopic (exact) mass is 424 g/mol. The fraction of sp³-hybridized carbons (Fsp3) is 0.0476. The zero-order valence-corrected chi connectivity index (χ0v) is 16.7. The Hall–Kier alpha value is -3.22. The summed E-state index contributed by atoms with van der Waals surface area (Å²) >= 11 is 12.3. The molecule has 0 aliphatic carbocycles. The first-order valence-corrected chi connectivity index (χ1v) is 9.32. The maximum Gasteiger partial charge on any atom is 0.257 e. The van der Waals surface area contributed by atoms with E-state index in [4.69, 9.17) is 32.9 Å². The molecular formula is C21H14Cl2N4O2. The summed E-state index contributed by atoms with van der Waals surface area (Å²) in [5.74, 6) is 0.205. The van der Waals surface area contributed by atoms with Crippen LogP contribution in [0.4, 0.5) is 5.69 Å². The number of halogens is 2. The first-order valence-electron chi connectivity index (χ1n) is 8.57. The second kappa shape index (κ2) is 8.03. The van der Waals surface area contributed by atoms with Crippen LogP contribution in [-0.4, -0.2) is 28.0 Å². The van der Waals surface area contributed by atoms with Crippen LogP contribution in [-0.2, 0) is 0 Å². The fourth-order valence-corrected chi connectivity index (χ4v) is 3.40. The number of para-hydroxylation sites is 1. The number of nitrogens with one attached hydrogen (secondary N) is 1. The molecule has 0 atom stereocenters. The molecule has 0 unspecified atom stereocenters. The molecule has 3 aromatic heterocycles. The Labute approximate surface area is 176 Å². The molecule has 3 heterocycles. The molecular weight excluding hydrogens is 411 g/mol. The van der Waals surface area contributed by atoms with Gasteiger partial charge in [-0.3, -0.25) is 14.8 Å². The lowest BCUT2D eigenvalue weighted by atomic mass is 10.0. The Bertz CT molecular complexity index is 1200. The van der Waals surface area contributed by atoms with Gasteiger partial charge in [0.2, 0.25) is 0 Å². The lowest BCUT2D eigenvalue weighted by molar-refractivity contribution is 0.102. The summed E-state index contributed by atoms with van der Waals surface area (Å²) in [6, 6.07) is 10.9. The number of anilines is 1. The Morgan fingerprint density at radius 3 is 2.52 bits per heavy atom. The number of fused-ring (bicyclic) bond motifs is 1. The number of carbonyl (C=O) groups is 1. The van der Waals surface area contributed by atoms with E-state index in [1.54, 1.807) is 31.6 Å². The Kier molecular flexibility index (Phi) is 5.29. The third-order valence-electron chi connectivity index (χ3n) is 4.30. The number of aromatic nitrogens is 3. The summed E-state index contributed by atoms with van der Waals surface area (Å²) in [7, 11) is 1.58. The van der Waals surface area contributed by atoms with Gasteiger partial charge in [0, 0.05) is 35.7 Å². The molecule has 0 aliphatic rings. The van der Waals surface area contributed by atoms with Gasteiger partial charge in [-0.2, -0.15) is 0 Å². The number of pyridine rings is 3. The van der Waals surface area contributed by atoms with Gasteiger partial charge in [0.1, 0.15) is 11.3 Å². The van der Waals surface area contributed by atoms with Crippen LogP contribution in [0.1, 0.15) is 10.4 Å². The number of carbonyl (C=O) groups excluding carboxylic acids is 1. The molecule has 0 fully saturated rings. The topological polar surface area (TPSA) is 77.0 Å². The highest BCUT2D eigenvalue weighted by Gasteiger charge is 2.19. The van der Waals surface area contributed by atoms with E-state index < -0.39 is 5.91 Å². The number of amides is 1. The SMILES string of the molecule is COc1cccc2cc(C(=O)Nc3c(Cl)cncc3Cl)c(-c3cccnc3)nc12. The van der Waals surface area contributed by atoms with E-state index in [9.17, 15) is 4.79 Å². The molecule has 0 aliphatic heterocycles. The number of rotatable bonds is 4. The minimum Gasteiger partial charge on any atom is -0.494 e. The molecule has 0 saturated heterocycles. The highest BCUT2D eigenvalue weighted by atomic mass is 35.5. The van der Waals surface area contributed by atoms with Gasteiger partial charge in [-0.25, -0.2) is 4.98 Å². The van der Waals surface area contributed by atoms with E-state index in [-0.39, 0.29) is 15.7 Å². The van der Waals surface area contributed by atoms with Crippen molar-refractivity contribution in [3.8, 4) is 17.0 Å². The fourth-order valence-electron chi connectivity index (χ4n) is 2.94. The van der Waals surface area contributed by atoms with Crippen LogP contribution in [0.3, 0.4) is 0 Å². The molecule has 4 aromatic rings. The van der Waals surface area contributed by atoms with Crippen LogP contribution in [0.5, 0.6) is 5.75 Å². The maximum absolute atomic E-state index is 13.2. The van der Waals surface area contributed by atoms with Gasteiger partial charge >= 0.3 is 0 Å². The standard InChI is InChI=1S/C21H14Cl2N4O2/c1-29-17-6-2-4-12-8-14(18(26-19(12)17)13-5-3-7-24-9-13)21(28)27-20-15(22)10-25-11-16(20)23/h2-11H,1H3,(H,25,27,28). The number of benzene rings is 1. The molecule has 0 spiro atoms. The van der Waals surface area contributed by atoms with Crippen molar-refractivity contribution in [2.75, 3.05) is 12.4 Å².